The van der Waals surface area contributed by atoms with Gasteiger partial charge in [0.25, 0.3) is 5.88 Å². The Bertz CT molecular complexity index is 906. The zero-order valence-electron chi connectivity index (χ0n) is 15.3. The fraction of sp³-hybridized carbons (Fsp3) is 0.316. The van der Waals surface area contributed by atoms with Crippen LogP contribution in [0.4, 0.5) is 0 Å². The van der Waals surface area contributed by atoms with Crippen molar-refractivity contribution >= 4 is 5.65 Å². The largest absolute Gasteiger partial charge is 0.494 e. The summed E-state index contributed by atoms with van der Waals surface area (Å²) in [6, 6.07) is 2.12. The molecule has 1 N–H and O–H groups in total. The summed E-state index contributed by atoms with van der Waals surface area (Å²) in [5, 5.41) is 3.37. The molecule has 0 fully saturated rings. The van der Waals surface area contributed by atoms with Crippen LogP contribution in [0.15, 0.2) is 43.5 Å². The van der Waals surface area contributed by atoms with Crippen molar-refractivity contribution < 1.29 is 9.47 Å². The van der Waals surface area contributed by atoms with E-state index in [1.807, 2.05) is 22.9 Å². The Labute approximate surface area is 152 Å². The highest BCUT2D eigenvalue weighted by molar-refractivity contribution is 5.69. The lowest BCUT2D eigenvalue weighted by Gasteiger charge is -2.15. The third-order valence-corrected chi connectivity index (χ3v) is 4.02. The molecule has 7 nitrogen and oxygen atoms in total. The van der Waals surface area contributed by atoms with Gasteiger partial charge in [-0.25, -0.2) is 9.97 Å². The lowest BCUT2D eigenvalue weighted by molar-refractivity contribution is 0.351. The van der Waals surface area contributed by atoms with Crippen LogP contribution in [-0.4, -0.2) is 39.6 Å². The quantitative estimate of drug-likeness (QED) is 0.628. The molecule has 0 saturated heterocycles. The predicted octanol–water partition coefficient (Wildman–Crippen LogP) is 3.04. The summed E-state index contributed by atoms with van der Waals surface area (Å²) in [6.45, 7) is 9.05. The molecule has 7 heteroatoms. The number of imidazole rings is 1. The second-order valence-corrected chi connectivity index (χ2v) is 5.78. The van der Waals surface area contributed by atoms with E-state index in [2.05, 4.69) is 40.7 Å². The Morgan fingerprint density at radius 3 is 2.96 bits per heavy atom. The average Bonchev–Trinajstić information content (AvgIpc) is 3.14. The summed E-state index contributed by atoms with van der Waals surface area (Å²) in [5.41, 5.74) is 3.15. The van der Waals surface area contributed by atoms with Crippen LogP contribution >= 0.6 is 0 Å². The maximum atomic E-state index is 5.70. The van der Waals surface area contributed by atoms with Gasteiger partial charge in [-0.3, -0.25) is 4.98 Å². The predicted molar refractivity (Wildman–Crippen MR) is 101 cm³/mol. The molecule has 0 aliphatic rings. The number of rotatable bonds is 8. The first-order valence-electron chi connectivity index (χ1n) is 8.53. The lowest BCUT2D eigenvalue weighted by atomic mass is 10.1. The second kappa shape index (κ2) is 7.97. The standard InChI is InChI=1S/C19H23N5O2/c1-5-9-26-19-18-21-7-8-24(18)12-16(23-19)14-10-15(13(3)20-6-2)22-11-17(14)25-4/h5,7-8,10-13,20H,1,6,9H2,2-4H3/t13-/m1/s1. The summed E-state index contributed by atoms with van der Waals surface area (Å²) in [7, 11) is 1.62. The van der Waals surface area contributed by atoms with E-state index >= 15 is 0 Å². The van der Waals surface area contributed by atoms with Crippen LogP contribution in [0, 0.1) is 0 Å². The Kier molecular flexibility index (Phi) is 5.48. The lowest BCUT2D eigenvalue weighted by Crippen LogP contribution is -2.18. The van der Waals surface area contributed by atoms with Crippen molar-refractivity contribution in [2.45, 2.75) is 19.9 Å². The number of hydrogen-bond donors (Lipinski definition) is 1. The highest BCUT2D eigenvalue weighted by Crippen LogP contribution is 2.32. The van der Waals surface area contributed by atoms with Gasteiger partial charge in [-0.1, -0.05) is 19.6 Å². The van der Waals surface area contributed by atoms with Gasteiger partial charge in [-0.05, 0) is 19.5 Å². The van der Waals surface area contributed by atoms with E-state index in [0.29, 0.717) is 23.9 Å². The van der Waals surface area contributed by atoms with E-state index < -0.39 is 0 Å². The molecule has 0 bridgehead atoms. The summed E-state index contributed by atoms with van der Waals surface area (Å²) in [4.78, 5) is 13.5. The number of fused-ring (bicyclic) bond motifs is 1. The molecular formula is C19H23N5O2. The topological polar surface area (TPSA) is 73.6 Å². The molecule has 0 saturated carbocycles. The molecule has 136 valence electrons. The fourth-order valence-electron chi connectivity index (χ4n) is 2.74. The van der Waals surface area contributed by atoms with E-state index in [-0.39, 0.29) is 6.04 Å². The van der Waals surface area contributed by atoms with Gasteiger partial charge in [-0.15, -0.1) is 0 Å². The highest BCUT2D eigenvalue weighted by atomic mass is 16.5. The van der Waals surface area contributed by atoms with Gasteiger partial charge in [0.2, 0.25) is 5.65 Å². The molecule has 0 spiro atoms. The van der Waals surface area contributed by atoms with Gasteiger partial charge in [0.05, 0.1) is 24.7 Å². The van der Waals surface area contributed by atoms with Crippen molar-refractivity contribution in [2.24, 2.45) is 0 Å². The van der Waals surface area contributed by atoms with Gasteiger partial charge < -0.3 is 19.2 Å². The van der Waals surface area contributed by atoms with Crippen LogP contribution in [-0.2, 0) is 0 Å². The molecule has 3 aromatic rings. The van der Waals surface area contributed by atoms with Gasteiger partial charge in [0, 0.05) is 30.2 Å². The van der Waals surface area contributed by atoms with E-state index in [9.17, 15) is 0 Å². The first-order valence-corrected chi connectivity index (χ1v) is 8.53. The number of pyridine rings is 1. The van der Waals surface area contributed by atoms with Crippen molar-refractivity contribution in [1.82, 2.24) is 24.7 Å². The molecule has 3 heterocycles. The number of aromatic nitrogens is 4. The summed E-state index contributed by atoms with van der Waals surface area (Å²) < 4.78 is 13.1. The summed E-state index contributed by atoms with van der Waals surface area (Å²) in [6.07, 6.45) is 8.88. The van der Waals surface area contributed by atoms with Crippen molar-refractivity contribution in [2.75, 3.05) is 20.3 Å². The summed E-state index contributed by atoms with van der Waals surface area (Å²) in [5.74, 6) is 1.10. The fourth-order valence-corrected chi connectivity index (χ4v) is 2.74. The first kappa shape index (κ1) is 17.9. The molecule has 3 rings (SSSR count). The average molecular weight is 353 g/mol. The minimum atomic E-state index is 0.123. The Morgan fingerprint density at radius 2 is 2.23 bits per heavy atom. The number of nitrogens with zero attached hydrogens (tertiary/aromatic N) is 4. The molecule has 1 atom stereocenters. The Morgan fingerprint density at radius 1 is 1.38 bits per heavy atom. The maximum Gasteiger partial charge on any atom is 0.259 e. The normalized spacial score (nSPS) is 12.1. The SMILES string of the molecule is C=CCOc1nc(-c2cc([C@@H](C)NCC)ncc2OC)cn2ccnc12. The molecule has 0 aliphatic heterocycles. The maximum absolute atomic E-state index is 5.70. The van der Waals surface area contributed by atoms with Crippen LogP contribution in [0.2, 0.25) is 0 Å². The first-order chi connectivity index (χ1) is 12.7. The molecule has 3 aromatic heterocycles. The van der Waals surface area contributed by atoms with Crippen molar-refractivity contribution in [3.8, 4) is 22.9 Å². The van der Waals surface area contributed by atoms with Crippen LogP contribution in [0.5, 0.6) is 11.6 Å². The molecule has 0 aliphatic carbocycles. The van der Waals surface area contributed by atoms with Crippen molar-refractivity contribution in [3.05, 3.63) is 49.2 Å². The molecule has 0 aromatic carbocycles. The Balaban J connectivity index is 2.12. The van der Waals surface area contributed by atoms with Gasteiger partial charge in [-0.2, -0.15) is 0 Å². The van der Waals surface area contributed by atoms with Gasteiger partial charge >= 0.3 is 0 Å². The third kappa shape index (κ3) is 3.52. The Hall–Kier alpha value is -2.93. The minimum Gasteiger partial charge on any atom is -0.494 e. The van der Waals surface area contributed by atoms with Crippen molar-refractivity contribution in [1.29, 1.82) is 0 Å². The van der Waals surface area contributed by atoms with Crippen LogP contribution in [0.1, 0.15) is 25.6 Å². The minimum absolute atomic E-state index is 0.123. The zero-order chi connectivity index (χ0) is 18.5. The molecule has 0 unspecified atom stereocenters. The monoisotopic (exact) mass is 353 g/mol. The van der Waals surface area contributed by atoms with E-state index in [1.54, 1.807) is 25.6 Å². The molecule has 0 radical (unpaired) electrons. The molecule has 0 amide bonds. The van der Waals surface area contributed by atoms with E-state index in [1.165, 1.54) is 0 Å². The third-order valence-electron chi connectivity index (χ3n) is 4.02. The van der Waals surface area contributed by atoms with Crippen LogP contribution in [0.3, 0.4) is 0 Å². The number of methoxy groups -OCH3 is 1. The number of hydrogen-bond acceptors (Lipinski definition) is 6. The molecule has 26 heavy (non-hydrogen) atoms. The van der Waals surface area contributed by atoms with E-state index in [0.717, 1.165) is 23.5 Å². The zero-order valence-corrected chi connectivity index (χ0v) is 15.3. The van der Waals surface area contributed by atoms with Crippen LogP contribution in [0.25, 0.3) is 16.9 Å². The summed E-state index contributed by atoms with van der Waals surface area (Å²) >= 11 is 0. The van der Waals surface area contributed by atoms with Crippen LogP contribution < -0.4 is 14.8 Å². The van der Waals surface area contributed by atoms with E-state index in [4.69, 9.17) is 9.47 Å². The highest BCUT2D eigenvalue weighted by Gasteiger charge is 2.16. The number of ether oxygens (including phenoxy) is 2. The van der Waals surface area contributed by atoms with Crippen molar-refractivity contribution in [3.63, 3.8) is 0 Å². The second-order valence-electron chi connectivity index (χ2n) is 5.78. The van der Waals surface area contributed by atoms with Gasteiger partial charge in [0.1, 0.15) is 12.4 Å². The smallest absolute Gasteiger partial charge is 0.259 e. The number of nitrogens with one attached hydrogen (secondary N) is 1. The van der Waals surface area contributed by atoms with Gasteiger partial charge in [0.15, 0.2) is 0 Å². The molecular weight excluding hydrogens is 330 g/mol.